The van der Waals surface area contributed by atoms with Crippen LogP contribution in [0, 0.1) is 0 Å². The zero-order chi connectivity index (χ0) is 39.4. The fourth-order valence-corrected chi connectivity index (χ4v) is 7.16. The number of rotatable bonds is 22. The summed E-state index contributed by atoms with van der Waals surface area (Å²) >= 11 is 0. The monoisotopic (exact) mass is 822 g/mol. The minimum atomic E-state index is -4.79. The van der Waals surface area contributed by atoms with Gasteiger partial charge in [0.15, 0.2) is 0 Å². The molecule has 0 atom stereocenters. The van der Waals surface area contributed by atoms with Gasteiger partial charge < -0.3 is 24.2 Å². The number of aromatic hydroxyl groups is 1. The third kappa shape index (κ3) is 18.8. The summed E-state index contributed by atoms with van der Waals surface area (Å²) in [5, 5.41) is 20.8. The Balaban J connectivity index is 0.000000373. The molecule has 0 aliphatic carbocycles. The van der Waals surface area contributed by atoms with Gasteiger partial charge in [-0.1, -0.05) is 121 Å². The van der Waals surface area contributed by atoms with E-state index in [4.69, 9.17) is 9.47 Å². The standard InChI is InChI=1S/2C21H28O5S.Ca/c2*1-2-3-4-5-6-7-8-10-17-11-9-12-19(15-17)26-20-14-13-18(22)16-21(20)27(23,24)25;/h2*9,11-16,22H,2-8,10H2,1H3,(H,23,24,25);/q;;+2/p-2. The average molecular weight is 823 g/mol. The number of phenols is 1. The predicted molar refractivity (Wildman–Crippen MR) is 214 cm³/mol. The molecule has 13 heteroatoms. The van der Waals surface area contributed by atoms with Crippen molar-refractivity contribution in [1.82, 2.24) is 0 Å². The van der Waals surface area contributed by atoms with Crippen molar-refractivity contribution in [2.45, 2.75) is 126 Å². The summed E-state index contributed by atoms with van der Waals surface area (Å²) in [5.41, 5.74) is 2.21. The molecule has 0 bridgehead atoms. The largest absolute Gasteiger partial charge is 2.00 e. The van der Waals surface area contributed by atoms with Gasteiger partial charge in [-0.15, -0.1) is 5.75 Å². The summed E-state index contributed by atoms with van der Waals surface area (Å²) in [6, 6.07) is 21.6. The van der Waals surface area contributed by atoms with Crippen LogP contribution in [0.5, 0.6) is 34.5 Å². The van der Waals surface area contributed by atoms with Gasteiger partial charge in [-0.3, -0.25) is 4.55 Å². The number of benzene rings is 4. The molecular formula is C42H54CaO10S2. The second-order valence-electron chi connectivity index (χ2n) is 13.4. The maximum atomic E-state index is 11.5. The predicted octanol–water partition coefficient (Wildman–Crippen LogP) is 10.1. The first-order chi connectivity index (χ1) is 25.8. The van der Waals surface area contributed by atoms with Gasteiger partial charge in [0.05, 0.1) is 4.90 Å². The number of phenolic OH excluding ortho intramolecular Hbond substituents is 1. The van der Waals surface area contributed by atoms with Crippen molar-refractivity contribution in [1.29, 1.82) is 0 Å². The molecule has 0 aromatic heterocycles. The fraction of sp³-hybridized carbons (Fsp3) is 0.429. The minimum Gasteiger partial charge on any atom is -0.872 e. The van der Waals surface area contributed by atoms with Gasteiger partial charge >= 0.3 is 37.7 Å². The van der Waals surface area contributed by atoms with Crippen molar-refractivity contribution in [2.24, 2.45) is 0 Å². The van der Waals surface area contributed by atoms with E-state index in [1.54, 1.807) is 12.1 Å². The molecule has 0 aliphatic rings. The van der Waals surface area contributed by atoms with E-state index in [0.29, 0.717) is 11.5 Å². The molecule has 4 rings (SSSR count). The molecule has 4 aromatic carbocycles. The number of ether oxygens (including phenoxy) is 2. The van der Waals surface area contributed by atoms with E-state index >= 15 is 0 Å². The molecule has 0 unspecified atom stereocenters. The summed E-state index contributed by atoms with van der Waals surface area (Å²) in [5.74, 6) is -0.0294. The van der Waals surface area contributed by atoms with Crippen LogP contribution in [0.2, 0.25) is 0 Å². The van der Waals surface area contributed by atoms with Gasteiger partial charge in [0.2, 0.25) is 0 Å². The summed E-state index contributed by atoms with van der Waals surface area (Å²) in [6.07, 6.45) is 19.2. The molecule has 0 fully saturated rings. The smallest absolute Gasteiger partial charge is 0.872 e. The molecule has 4 aromatic rings. The van der Waals surface area contributed by atoms with E-state index < -0.39 is 35.8 Å². The summed E-state index contributed by atoms with van der Waals surface area (Å²) in [6.45, 7) is 4.42. The van der Waals surface area contributed by atoms with E-state index in [-0.39, 0.29) is 55.0 Å². The maximum absolute atomic E-state index is 11.5. The zero-order valence-electron chi connectivity index (χ0n) is 32.1. The molecule has 0 spiro atoms. The van der Waals surface area contributed by atoms with Crippen molar-refractivity contribution >= 4 is 58.0 Å². The van der Waals surface area contributed by atoms with Gasteiger partial charge in [0, 0.05) is 6.07 Å². The molecule has 10 nitrogen and oxygen atoms in total. The zero-order valence-corrected chi connectivity index (χ0v) is 35.9. The van der Waals surface area contributed by atoms with Crippen molar-refractivity contribution in [3.63, 3.8) is 0 Å². The molecule has 0 heterocycles. The number of hydrogen-bond acceptors (Lipinski definition) is 9. The van der Waals surface area contributed by atoms with E-state index in [2.05, 4.69) is 13.8 Å². The third-order valence-electron chi connectivity index (χ3n) is 8.78. The van der Waals surface area contributed by atoms with E-state index in [1.165, 1.54) is 101 Å². The first-order valence-electron chi connectivity index (χ1n) is 18.9. The van der Waals surface area contributed by atoms with Crippen LogP contribution < -0.4 is 14.6 Å². The van der Waals surface area contributed by atoms with Gasteiger partial charge in [0.1, 0.15) is 43.8 Å². The van der Waals surface area contributed by atoms with Crippen LogP contribution in [-0.4, -0.2) is 68.8 Å². The number of aryl methyl sites for hydroxylation is 2. The molecule has 0 aliphatic heterocycles. The Morgan fingerprint density at radius 1 is 0.564 bits per heavy atom. The number of hydrogen-bond donors (Lipinski definition) is 2. The van der Waals surface area contributed by atoms with Gasteiger partial charge in [-0.05, 0) is 85.3 Å². The Labute approximate surface area is 357 Å². The quantitative estimate of drug-likeness (QED) is 0.0441. The molecular weight excluding hydrogens is 769 g/mol. The van der Waals surface area contributed by atoms with Crippen LogP contribution in [0.25, 0.3) is 0 Å². The topological polar surface area (TPSA) is 173 Å². The Morgan fingerprint density at radius 3 is 1.45 bits per heavy atom. The fourth-order valence-electron chi connectivity index (χ4n) is 5.91. The van der Waals surface area contributed by atoms with Crippen LogP contribution >= 0.6 is 0 Å². The molecule has 55 heavy (non-hydrogen) atoms. The maximum Gasteiger partial charge on any atom is 2.00 e. The van der Waals surface area contributed by atoms with Crippen LogP contribution in [0.1, 0.15) is 115 Å². The molecule has 2 N–H and O–H groups in total. The van der Waals surface area contributed by atoms with Crippen molar-refractivity contribution in [3.8, 4) is 34.5 Å². The van der Waals surface area contributed by atoms with E-state index in [9.17, 15) is 36.2 Å². The average Bonchev–Trinajstić information content (AvgIpc) is 3.12. The SMILES string of the molecule is CCCCCCCCCc1cccc(Oc2ccc(O)cc2S(=O)(=O)O)c1.CCCCCCCCCc1cccc(Oc2ccc([O-])cc2S(=O)(=O)[O-])c1.[Ca+2]. The van der Waals surface area contributed by atoms with Gasteiger partial charge in [0.25, 0.3) is 10.1 Å². The Hall–Kier alpha value is -2.84. The van der Waals surface area contributed by atoms with Gasteiger partial charge in [-0.25, -0.2) is 8.42 Å². The molecule has 0 radical (unpaired) electrons. The second-order valence-corrected chi connectivity index (χ2v) is 16.1. The molecule has 0 saturated heterocycles. The number of unbranched alkanes of at least 4 members (excludes halogenated alkanes) is 12. The molecule has 296 valence electrons. The molecule has 0 saturated carbocycles. The van der Waals surface area contributed by atoms with E-state index in [1.807, 2.05) is 36.4 Å². The Kier molecular flexibility index (Phi) is 22.3. The van der Waals surface area contributed by atoms with Crippen LogP contribution in [0.15, 0.2) is 94.7 Å². The van der Waals surface area contributed by atoms with Crippen LogP contribution in [0.4, 0.5) is 0 Å². The summed E-state index contributed by atoms with van der Waals surface area (Å²) < 4.78 is 77.6. The van der Waals surface area contributed by atoms with Gasteiger partial charge in [-0.2, -0.15) is 8.42 Å². The first-order valence-corrected chi connectivity index (χ1v) is 21.8. The Bertz CT molecular complexity index is 1810. The third-order valence-corrected chi connectivity index (χ3v) is 10.5. The van der Waals surface area contributed by atoms with E-state index in [0.717, 1.165) is 48.9 Å². The van der Waals surface area contributed by atoms with Crippen molar-refractivity contribution in [2.75, 3.05) is 0 Å². The summed E-state index contributed by atoms with van der Waals surface area (Å²) in [4.78, 5) is -1.09. The van der Waals surface area contributed by atoms with Crippen LogP contribution in [0.3, 0.4) is 0 Å². The minimum absolute atomic E-state index is 0. The van der Waals surface area contributed by atoms with Crippen molar-refractivity contribution in [3.05, 3.63) is 96.1 Å². The normalized spacial score (nSPS) is 11.3. The first kappa shape index (κ1) is 48.3. The molecule has 0 amide bonds. The Morgan fingerprint density at radius 2 is 1.00 bits per heavy atom. The summed E-state index contributed by atoms with van der Waals surface area (Å²) in [7, 11) is -9.29. The van der Waals surface area contributed by atoms with Crippen LogP contribution in [-0.2, 0) is 33.1 Å². The second kappa shape index (κ2) is 25.4. The van der Waals surface area contributed by atoms with Crippen molar-refractivity contribution < 1.29 is 45.6 Å².